The standard InChI is InChI=1S/C8H10O.C5H12O.Sc/c1-6-3-4-7(2)8(9)5-6;1-5(2)3-4-6;/h3-5,9H,1-2H3;5-6H,3-4H2,1-2H3;. The van der Waals surface area contributed by atoms with Crippen molar-refractivity contribution in [3.05, 3.63) is 29.3 Å². The van der Waals surface area contributed by atoms with Crippen LogP contribution in [0.25, 0.3) is 0 Å². The SMILES string of the molecule is CC(C)CCO.Cc1ccc(C)c(O)c1.[Sc]. The Morgan fingerprint density at radius 3 is 2.00 bits per heavy atom. The molecule has 0 aliphatic heterocycles. The van der Waals surface area contributed by atoms with Gasteiger partial charge in [0.1, 0.15) is 5.75 Å². The Kier molecular flexibility index (Phi) is 11.4. The Morgan fingerprint density at radius 2 is 1.75 bits per heavy atom. The molecule has 1 aromatic carbocycles. The first-order chi connectivity index (χ1) is 6.97. The summed E-state index contributed by atoms with van der Waals surface area (Å²) in [7, 11) is 0. The molecule has 1 rings (SSSR count). The largest absolute Gasteiger partial charge is 0.508 e. The Hall–Kier alpha value is -0.150. The molecule has 0 saturated carbocycles. The summed E-state index contributed by atoms with van der Waals surface area (Å²) in [6, 6.07) is 5.65. The maximum atomic E-state index is 9.10. The molecular formula is C13H22O2Sc. The van der Waals surface area contributed by atoms with Crippen LogP contribution in [0.4, 0.5) is 0 Å². The van der Waals surface area contributed by atoms with Crippen LogP contribution in [0.1, 0.15) is 31.4 Å². The molecule has 0 saturated heterocycles. The number of phenols is 1. The molecule has 0 atom stereocenters. The van der Waals surface area contributed by atoms with E-state index in [9.17, 15) is 0 Å². The summed E-state index contributed by atoms with van der Waals surface area (Å²) in [5, 5.41) is 17.3. The van der Waals surface area contributed by atoms with Gasteiger partial charge in [0.25, 0.3) is 0 Å². The van der Waals surface area contributed by atoms with Gasteiger partial charge in [-0.25, -0.2) is 0 Å². The number of aliphatic hydroxyl groups is 1. The van der Waals surface area contributed by atoms with Crippen molar-refractivity contribution < 1.29 is 36.1 Å². The predicted molar refractivity (Wildman–Crippen MR) is 64.1 cm³/mol. The van der Waals surface area contributed by atoms with Crippen molar-refractivity contribution in [3.8, 4) is 5.75 Å². The molecule has 2 nitrogen and oxygen atoms in total. The molecule has 0 unspecified atom stereocenters. The second-order valence-electron chi connectivity index (χ2n) is 4.20. The van der Waals surface area contributed by atoms with Gasteiger partial charge in [-0.05, 0) is 43.4 Å². The zero-order valence-corrected chi connectivity index (χ0v) is 12.5. The fourth-order valence-corrected chi connectivity index (χ4v) is 0.978. The van der Waals surface area contributed by atoms with E-state index in [2.05, 4.69) is 13.8 Å². The van der Waals surface area contributed by atoms with Gasteiger partial charge in [0.05, 0.1) is 0 Å². The number of aliphatic hydroxyl groups excluding tert-OH is 1. The molecular weight excluding hydrogens is 233 g/mol. The normalized spacial score (nSPS) is 9.12. The Labute approximate surface area is 117 Å². The smallest absolute Gasteiger partial charge is 0.118 e. The van der Waals surface area contributed by atoms with Crippen molar-refractivity contribution >= 4 is 0 Å². The van der Waals surface area contributed by atoms with E-state index in [1.165, 1.54) is 0 Å². The average molecular weight is 255 g/mol. The van der Waals surface area contributed by atoms with E-state index < -0.39 is 0 Å². The molecule has 0 aromatic heterocycles. The van der Waals surface area contributed by atoms with E-state index in [0.717, 1.165) is 17.5 Å². The third kappa shape index (κ3) is 9.10. The second-order valence-corrected chi connectivity index (χ2v) is 4.20. The van der Waals surface area contributed by atoms with Crippen LogP contribution in [0.3, 0.4) is 0 Å². The van der Waals surface area contributed by atoms with Gasteiger partial charge < -0.3 is 10.2 Å². The molecule has 89 valence electrons. The summed E-state index contributed by atoms with van der Waals surface area (Å²) in [4.78, 5) is 0. The van der Waals surface area contributed by atoms with Gasteiger partial charge in [0.2, 0.25) is 0 Å². The van der Waals surface area contributed by atoms with Gasteiger partial charge in [-0.1, -0.05) is 26.0 Å². The van der Waals surface area contributed by atoms with Crippen LogP contribution in [0.2, 0.25) is 0 Å². The van der Waals surface area contributed by atoms with Crippen LogP contribution in [-0.4, -0.2) is 16.8 Å². The summed E-state index contributed by atoms with van der Waals surface area (Å²) >= 11 is 0. The first-order valence-electron chi connectivity index (χ1n) is 5.34. The number of rotatable bonds is 2. The summed E-state index contributed by atoms with van der Waals surface area (Å²) in [5.41, 5.74) is 2.03. The molecule has 1 radical (unpaired) electrons. The Balaban J connectivity index is 0. The minimum Gasteiger partial charge on any atom is -0.508 e. The fourth-order valence-electron chi connectivity index (χ4n) is 0.978. The molecule has 0 fully saturated rings. The Bertz CT molecular complexity index is 285. The number of hydrogen-bond donors (Lipinski definition) is 2. The first-order valence-corrected chi connectivity index (χ1v) is 5.34. The monoisotopic (exact) mass is 255 g/mol. The minimum absolute atomic E-state index is 0. The van der Waals surface area contributed by atoms with E-state index in [1.807, 2.05) is 26.0 Å². The van der Waals surface area contributed by atoms with Gasteiger partial charge in [-0.3, -0.25) is 0 Å². The first kappa shape index (κ1) is 18.2. The molecule has 0 heterocycles. The summed E-state index contributed by atoms with van der Waals surface area (Å²) < 4.78 is 0. The van der Waals surface area contributed by atoms with Crippen LogP contribution < -0.4 is 0 Å². The van der Waals surface area contributed by atoms with E-state index in [4.69, 9.17) is 10.2 Å². The number of phenolic OH excluding ortho intramolecular Hbond substituents is 1. The number of aromatic hydroxyl groups is 1. The molecule has 3 heteroatoms. The van der Waals surface area contributed by atoms with Crippen LogP contribution in [0, 0.1) is 19.8 Å². The Morgan fingerprint density at radius 1 is 1.19 bits per heavy atom. The predicted octanol–water partition coefficient (Wildman–Crippen LogP) is 3.03. The van der Waals surface area contributed by atoms with Crippen molar-refractivity contribution in [2.75, 3.05) is 6.61 Å². The fraction of sp³-hybridized carbons (Fsp3) is 0.538. The molecule has 0 aliphatic rings. The number of hydrogen-bond acceptors (Lipinski definition) is 2. The molecule has 16 heavy (non-hydrogen) atoms. The third-order valence-electron chi connectivity index (χ3n) is 2.07. The van der Waals surface area contributed by atoms with Crippen LogP contribution >= 0.6 is 0 Å². The van der Waals surface area contributed by atoms with Gasteiger partial charge in [-0.2, -0.15) is 0 Å². The molecule has 0 spiro atoms. The van der Waals surface area contributed by atoms with E-state index in [0.29, 0.717) is 18.3 Å². The maximum Gasteiger partial charge on any atom is 0.118 e. The van der Waals surface area contributed by atoms with Gasteiger partial charge >= 0.3 is 0 Å². The second kappa shape index (κ2) is 10.0. The van der Waals surface area contributed by atoms with Gasteiger partial charge in [0.15, 0.2) is 0 Å². The summed E-state index contributed by atoms with van der Waals surface area (Å²) in [6.07, 6.45) is 0.931. The number of aryl methyl sites for hydroxylation is 2. The summed E-state index contributed by atoms with van der Waals surface area (Å²) in [5.74, 6) is 1.03. The van der Waals surface area contributed by atoms with Crippen LogP contribution in [0.15, 0.2) is 18.2 Å². The van der Waals surface area contributed by atoms with E-state index in [1.54, 1.807) is 6.07 Å². The van der Waals surface area contributed by atoms with E-state index >= 15 is 0 Å². The zero-order chi connectivity index (χ0) is 11.8. The van der Waals surface area contributed by atoms with Gasteiger partial charge in [-0.15, -0.1) is 0 Å². The third-order valence-corrected chi connectivity index (χ3v) is 2.07. The van der Waals surface area contributed by atoms with Crippen molar-refractivity contribution in [1.82, 2.24) is 0 Å². The van der Waals surface area contributed by atoms with Gasteiger partial charge in [0, 0.05) is 32.5 Å². The maximum absolute atomic E-state index is 9.10. The van der Waals surface area contributed by atoms with Crippen molar-refractivity contribution in [1.29, 1.82) is 0 Å². The molecule has 2 N–H and O–H groups in total. The zero-order valence-electron chi connectivity index (χ0n) is 10.7. The molecule has 1 aromatic rings. The van der Waals surface area contributed by atoms with Crippen LogP contribution in [-0.2, 0) is 25.8 Å². The minimum atomic E-state index is 0. The van der Waals surface area contributed by atoms with Crippen LogP contribution in [0.5, 0.6) is 5.75 Å². The van der Waals surface area contributed by atoms with Crippen molar-refractivity contribution in [2.45, 2.75) is 34.1 Å². The quantitative estimate of drug-likeness (QED) is 0.852. The molecule has 0 bridgehead atoms. The van der Waals surface area contributed by atoms with Crippen molar-refractivity contribution in [3.63, 3.8) is 0 Å². The number of benzene rings is 1. The van der Waals surface area contributed by atoms with E-state index in [-0.39, 0.29) is 25.8 Å². The van der Waals surface area contributed by atoms with Crippen molar-refractivity contribution in [2.24, 2.45) is 5.92 Å². The molecule has 0 amide bonds. The topological polar surface area (TPSA) is 40.5 Å². The average Bonchev–Trinajstić information content (AvgIpc) is 2.13. The molecule has 0 aliphatic carbocycles. The summed E-state index contributed by atoms with van der Waals surface area (Å²) in [6.45, 7) is 8.36.